The van der Waals surface area contributed by atoms with E-state index < -0.39 is 64.0 Å². The molecule has 0 radical (unpaired) electrons. The standard InChI is InChI=1S/C25H22Cl2N2O8S/c1-16(30)28(38(34)20(27)14-26)19-15-35-29(23(19)32)25(13-12-21(31)37-25)24(33)36-22(17-8-4-2-5-9-17)18-10-6-3-7-11-18/h2-11,14,19,22H,12-13,15H2,1H3/t19-,25?,38?/m0/s1. The highest BCUT2D eigenvalue weighted by Gasteiger charge is 2.62. The Balaban J connectivity index is 1.67. The number of rotatable bonds is 8. The van der Waals surface area contributed by atoms with Crippen LogP contribution >= 0.6 is 23.2 Å². The molecule has 2 amide bonds. The molecule has 200 valence electrons. The van der Waals surface area contributed by atoms with Gasteiger partial charge in [0.2, 0.25) is 0 Å². The average Bonchev–Trinajstić information content (AvgIpc) is 3.50. The number of hydroxylamine groups is 2. The van der Waals surface area contributed by atoms with Crippen molar-refractivity contribution in [1.82, 2.24) is 9.37 Å². The van der Waals surface area contributed by atoms with Gasteiger partial charge < -0.3 is 14.0 Å². The van der Waals surface area contributed by atoms with Crippen LogP contribution in [0.4, 0.5) is 0 Å². The molecular formula is C25H22Cl2N2O8S. The van der Waals surface area contributed by atoms with Gasteiger partial charge in [0.25, 0.3) is 16.2 Å². The number of carbonyl (C=O) groups excluding carboxylic acids is 4. The number of carbonyl (C=O) groups is 4. The fourth-order valence-corrected chi connectivity index (χ4v) is 5.50. The fraction of sp³-hybridized carbons (Fsp3) is 0.280. The molecule has 2 aliphatic heterocycles. The number of halogens is 2. The molecule has 2 aliphatic rings. The summed E-state index contributed by atoms with van der Waals surface area (Å²) in [7, 11) is 0. The van der Waals surface area contributed by atoms with Gasteiger partial charge in [-0.2, -0.15) is 5.06 Å². The van der Waals surface area contributed by atoms with Crippen molar-refractivity contribution in [2.75, 3.05) is 6.61 Å². The van der Waals surface area contributed by atoms with Crippen LogP contribution in [0.1, 0.15) is 37.0 Å². The summed E-state index contributed by atoms with van der Waals surface area (Å²) in [4.78, 5) is 57.2. The van der Waals surface area contributed by atoms with E-state index in [9.17, 15) is 23.7 Å². The minimum atomic E-state index is -2.32. The van der Waals surface area contributed by atoms with Crippen LogP contribution in [0.25, 0.3) is 0 Å². The van der Waals surface area contributed by atoms with E-state index in [-0.39, 0.29) is 12.8 Å². The maximum Gasteiger partial charge on any atom is 0.376 e. The van der Waals surface area contributed by atoms with Crippen molar-refractivity contribution in [2.24, 2.45) is 0 Å². The lowest BCUT2D eigenvalue weighted by Crippen LogP contribution is -2.58. The Bertz CT molecular complexity index is 1210. The van der Waals surface area contributed by atoms with Gasteiger partial charge in [-0.25, -0.2) is 4.79 Å². The lowest BCUT2D eigenvalue weighted by molar-refractivity contribution is -0.260. The molecule has 2 heterocycles. The van der Waals surface area contributed by atoms with Crippen LogP contribution in [0.15, 0.2) is 70.6 Å². The van der Waals surface area contributed by atoms with E-state index in [0.717, 1.165) is 12.5 Å². The minimum Gasteiger partial charge on any atom is -0.587 e. The smallest absolute Gasteiger partial charge is 0.376 e. The van der Waals surface area contributed by atoms with Crippen LogP contribution in [0.3, 0.4) is 0 Å². The average molecular weight is 581 g/mol. The number of hydrogen-bond acceptors (Lipinski definition) is 8. The molecule has 0 aromatic heterocycles. The molecule has 2 fully saturated rings. The maximum absolute atomic E-state index is 13.7. The molecule has 0 saturated carbocycles. The second-order valence-electron chi connectivity index (χ2n) is 8.32. The molecule has 0 bridgehead atoms. The first-order valence-electron chi connectivity index (χ1n) is 11.4. The maximum atomic E-state index is 13.7. The first-order chi connectivity index (χ1) is 18.2. The molecule has 0 spiro atoms. The highest BCUT2D eigenvalue weighted by molar-refractivity contribution is 7.95. The van der Waals surface area contributed by atoms with Crippen LogP contribution in [-0.2, 0) is 44.9 Å². The molecule has 10 nitrogen and oxygen atoms in total. The summed E-state index contributed by atoms with van der Waals surface area (Å²) in [5, 5.41) is 0.587. The van der Waals surface area contributed by atoms with Crippen molar-refractivity contribution >= 4 is 58.3 Å². The molecule has 2 saturated heterocycles. The number of cyclic esters (lactones) is 1. The first kappa shape index (κ1) is 27.9. The van der Waals surface area contributed by atoms with Gasteiger partial charge in [0, 0.05) is 13.3 Å². The Kier molecular flexibility index (Phi) is 8.64. The third-order valence-electron chi connectivity index (χ3n) is 5.90. The largest absolute Gasteiger partial charge is 0.587 e. The van der Waals surface area contributed by atoms with Crippen molar-refractivity contribution < 1.29 is 38.0 Å². The van der Waals surface area contributed by atoms with E-state index >= 15 is 0 Å². The molecule has 2 aromatic rings. The molecule has 0 aliphatic carbocycles. The van der Waals surface area contributed by atoms with Crippen molar-refractivity contribution in [3.63, 3.8) is 0 Å². The molecule has 3 atom stereocenters. The van der Waals surface area contributed by atoms with E-state index in [2.05, 4.69) is 0 Å². The van der Waals surface area contributed by atoms with E-state index in [0.29, 0.717) is 20.5 Å². The van der Waals surface area contributed by atoms with Crippen molar-refractivity contribution in [3.05, 3.63) is 81.7 Å². The van der Waals surface area contributed by atoms with Crippen LogP contribution in [-0.4, -0.2) is 56.0 Å². The third kappa shape index (κ3) is 5.38. The molecule has 4 rings (SSSR count). The molecule has 0 N–H and O–H groups in total. The zero-order valence-electron chi connectivity index (χ0n) is 20.0. The summed E-state index contributed by atoms with van der Waals surface area (Å²) < 4.78 is 24.3. The Morgan fingerprint density at radius 3 is 2.21 bits per heavy atom. The zero-order chi connectivity index (χ0) is 27.4. The number of nitrogens with zero attached hydrogens (tertiary/aromatic N) is 2. The lowest BCUT2D eigenvalue weighted by atomic mass is 10.0. The lowest BCUT2D eigenvalue weighted by Gasteiger charge is -2.34. The SMILES string of the molecule is CC(=O)N([C@H]1CON(C2(C(=O)OC(c3ccccc3)c3ccccc3)CCC(=O)O2)C1=O)[S+]([O-])C(Cl)=CCl. The van der Waals surface area contributed by atoms with Crippen molar-refractivity contribution in [2.45, 2.75) is 37.6 Å². The van der Waals surface area contributed by atoms with E-state index in [1.807, 2.05) is 0 Å². The Labute approximate surface area is 231 Å². The fourth-order valence-electron chi connectivity index (χ4n) is 4.16. The van der Waals surface area contributed by atoms with Gasteiger partial charge in [-0.05, 0) is 22.7 Å². The second kappa shape index (κ2) is 11.7. The summed E-state index contributed by atoms with van der Waals surface area (Å²) in [6.45, 7) is 0.597. The predicted octanol–water partition coefficient (Wildman–Crippen LogP) is 3.28. The highest BCUT2D eigenvalue weighted by atomic mass is 35.5. The Morgan fingerprint density at radius 1 is 1.16 bits per heavy atom. The number of benzene rings is 2. The Morgan fingerprint density at radius 2 is 1.74 bits per heavy atom. The van der Waals surface area contributed by atoms with Gasteiger partial charge in [0.05, 0.1) is 12.0 Å². The van der Waals surface area contributed by atoms with Crippen LogP contribution in [0.2, 0.25) is 0 Å². The zero-order valence-corrected chi connectivity index (χ0v) is 22.3. The first-order valence-corrected chi connectivity index (χ1v) is 13.3. The van der Waals surface area contributed by atoms with Crippen molar-refractivity contribution in [1.29, 1.82) is 0 Å². The number of esters is 2. The summed E-state index contributed by atoms with van der Waals surface area (Å²) in [6, 6.07) is 16.3. The molecule has 38 heavy (non-hydrogen) atoms. The van der Waals surface area contributed by atoms with Crippen LogP contribution < -0.4 is 0 Å². The van der Waals surface area contributed by atoms with Crippen LogP contribution in [0, 0.1) is 0 Å². The van der Waals surface area contributed by atoms with Gasteiger partial charge in [0.1, 0.15) is 18.0 Å². The monoisotopic (exact) mass is 580 g/mol. The molecular weight excluding hydrogens is 559 g/mol. The molecule has 2 aromatic carbocycles. The minimum absolute atomic E-state index is 0.197. The Hall–Kier alpha value is -3.09. The normalized spacial score (nSPS) is 22.4. The highest BCUT2D eigenvalue weighted by Crippen LogP contribution is 2.39. The van der Waals surface area contributed by atoms with Crippen LogP contribution in [0.5, 0.6) is 0 Å². The topological polar surface area (TPSA) is 126 Å². The number of amides is 2. The second-order valence-corrected chi connectivity index (χ2v) is 10.5. The van der Waals surface area contributed by atoms with E-state index in [1.165, 1.54) is 0 Å². The van der Waals surface area contributed by atoms with Crippen molar-refractivity contribution in [3.8, 4) is 0 Å². The van der Waals surface area contributed by atoms with Gasteiger partial charge in [0.15, 0.2) is 12.1 Å². The summed E-state index contributed by atoms with van der Waals surface area (Å²) in [6.07, 6.45) is -1.36. The van der Waals surface area contributed by atoms with Gasteiger partial charge in [-0.3, -0.25) is 19.2 Å². The van der Waals surface area contributed by atoms with Gasteiger partial charge in [-0.1, -0.05) is 72.3 Å². The summed E-state index contributed by atoms with van der Waals surface area (Å²) >= 11 is 9.05. The summed E-state index contributed by atoms with van der Waals surface area (Å²) in [5.41, 5.74) is -0.186. The van der Waals surface area contributed by atoms with Gasteiger partial charge >= 0.3 is 17.7 Å². The molecule has 2 unspecified atom stereocenters. The van der Waals surface area contributed by atoms with Gasteiger partial charge in [-0.15, -0.1) is 4.31 Å². The van der Waals surface area contributed by atoms with E-state index in [4.69, 9.17) is 37.5 Å². The summed E-state index contributed by atoms with van der Waals surface area (Å²) in [5.74, 6) is -3.52. The quantitative estimate of drug-likeness (QED) is 0.344. The molecule has 13 heteroatoms. The number of ether oxygens (including phenoxy) is 2. The third-order valence-corrected chi connectivity index (χ3v) is 8.18. The van der Waals surface area contributed by atoms with E-state index in [1.54, 1.807) is 60.7 Å². The predicted molar refractivity (Wildman–Crippen MR) is 136 cm³/mol. The number of hydrogen-bond donors (Lipinski definition) is 0.